The number of hydrogen-bond acceptors (Lipinski definition) is 5. The van der Waals surface area contributed by atoms with Gasteiger partial charge >= 0.3 is 0 Å². The van der Waals surface area contributed by atoms with Gasteiger partial charge in [-0.25, -0.2) is 9.37 Å². The SMILES string of the molecule is Cc1nc(COc2ccc(C(=O)N(C)C(C(N)=O)c3cccc(F)c3)cc2)cs1. The van der Waals surface area contributed by atoms with Crippen LogP contribution in [0.15, 0.2) is 53.9 Å². The molecular formula is C21H20FN3O3S. The maximum Gasteiger partial charge on any atom is 0.254 e. The van der Waals surface area contributed by atoms with Crippen LogP contribution < -0.4 is 10.5 Å². The Morgan fingerprint density at radius 3 is 2.55 bits per heavy atom. The van der Waals surface area contributed by atoms with Crippen LogP contribution >= 0.6 is 11.3 Å². The van der Waals surface area contributed by atoms with E-state index in [9.17, 15) is 14.0 Å². The van der Waals surface area contributed by atoms with E-state index in [0.29, 0.717) is 23.5 Å². The van der Waals surface area contributed by atoms with Crippen molar-refractivity contribution in [2.24, 2.45) is 5.73 Å². The Kier molecular flexibility index (Phi) is 6.23. The van der Waals surface area contributed by atoms with E-state index in [0.717, 1.165) is 10.7 Å². The number of likely N-dealkylation sites (N-methyl/N-ethyl adjacent to an activating group) is 1. The Morgan fingerprint density at radius 1 is 1.24 bits per heavy atom. The maximum atomic E-state index is 13.5. The molecule has 2 N–H and O–H groups in total. The number of carbonyl (C=O) groups excluding carboxylic acids is 2. The molecule has 0 saturated carbocycles. The van der Waals surface area contributed by atoms with Crippen LogP contribution in [0.25, 0.3) is 0 Å². The van der Waals surface area contributed by atoms with Gasteiger partial charge in [0.15, 0.2) is 0 Å². The van der Waals surface area contributed by atoms with Crippen molar-refractivity contribution in [2.75, 3.05) is 7.05 Å². The van der Waals surface area contributed by atoms with Crippen molar-refractivity contribution in [1.29, 1.82) is 0 Å². The molecular weight excluding hydrogens is 393 g/mol. The molecule has 0 fully saturated rings. The molecule has 150 valence electrons. The van der Waals surface area contributed by atoms with Crippen LogP contribution in [0.2, 0.25) is 0 Å². The summed E-state index contributed by atoms with van der Waals surface area (Å²) in [7, 11) is 1.46. The minimum Gasteiger partial charge on any atom is -0.487 e. The van der Waals surface area contributed by atoms with Crippen molar-refractivity contribution in [3.63, 3.8) is 0 Å². The molecule has 0 radical (unpaired) electrons. The molecule has 3 aromatic rings. The Bertz CT molecular complexity index is 1020. The summed E-state index contributed by atoms with van der Waals surface area (Å²) in [6.07, 6.45) is 0. The summed E-state index contributed by atoms with van der Waals surface area (Å²) < 4.78 is 19.2. The average Bonchev–Trinajstić information content (AvgIpc) is 3.11. The van der Waals surface area contributed by atoms with Gasteiger partial charge in [0.1, 0.15) is 24.2 Å². The van der Waals surface area contributed by atoms with Crippen LogP contribution in [0.4, 0.5) is 4.39 Å². The number of nitrogens with zero attached hydrogens (tertiary/aromatic N) is 2. The topological polar surface area (TPSA) is 85.5 Å². The van der Waals surface area contributed by atoms with Gasteiger partial charge < -0.3 is 15.4 Å². The molecule has 0 saturated heterocycles. The van der Waals surface area contributed by atoms with Gasteiger partial charge in [-0.1, -0.05) is 12.1 Å². The summed E-state index contributed by atoms with van der Waals surface area (Å²) in [4.78, 5) is 30.3. The van der Waals surface area contributed by atoms with Gasteiger partial charge in [0.25, 0.3) is 5.91 Å². The van der Waals surface area contributed by atoms with Gasteiger partial charge in [0.2, 0.25) is 5.91 Å². The summed E-state index contributed by atoms with van der Waals surface area (Å²) in [5, 5.41) is 2.90. The fourth-order valence-corrected chi connectivity index (χ4v) is 3.50. The monoisotopic (exact) mass is 413 g/mol. The molecule has 1 aromatic heterocycles. The number of aryl methyl sites for hydroxylation is 1. The highest BCUT2D eigenvalue weighted by Gasteiger charge is 2.27. The first kappa shape index (κ1) is 20.5. The molecule has 6 nitrogen and oxygen atoms in total. The standard InChI is InChI=1S/C21H20FN3O3S/c1-13-24-17(12-29-13)11-28-18-8-6-14(7-9-18)21(27)25(2)19(20(23)26)15-4-3-5-16(22)10-15/h3-10,12,19H,11H2,1-2H3,(H2,23,26). The lowest BCUT2D eigenvalue weighted by Gasteiger charge is -2.26. The Morgan fingerprint density at radius 2 is 1.97 bits per heavy atom. The van der Waals surface area contributed by atoms with E-state index >= 15 is 0 Å². The highest BCUT2D eigenvalue weighted by atomic mass is 32.1. The smallest absolute Gasteiger partial charge is 0.254 e. The second-order valence-electron chi connectivity index (χ2n) is 6.45. The summed E-state index contributed by atoms with van der Waals surface area (Å²) in [5.74, 6) is -1.08. The number of amides is 2. The highest BCUT2D eigenvalue weighted by Crippen LogP contribution is 2.23. The van der Waals surface area contributed by atoms with Crippen molar-refractivity contribution in [3.05, 3.63) is 81.6 Å². The van der Waals surface area contributed by atoms with Gasteiger partial charge in [0.05, 0.1) is 10.7 Å². The zero-order chi connectivity index (χ0) is 21.0. The molecule has 0 aliphatic heterocycles. The molecule has 2 aromatic carbocycles. The minimum absolute atomic E-state index is 0.312. The van der Waals surface area contributed by atoms with E-state index in [-0.39, 0.29) is 0 Å². The highest BCUT2D eigenvalue weighted by molar-refractivity contribution is 7.09. The Balaban J connectivity index is 1.71. The van der Waals surface area contributed by atoms with Crippen LogP contribution in [0.1, 0.15) is 32.7 Å². The molecule has 2 amide bonds. The van der Waals surface area contributed by atoms with Crippen LogP contribution in [0.3, 0.4) is 0 Å². The number of hydrogen-bond donors (Lipinski definition) is 1. The number of benzene rings is 2. The number of nitrogens with two attached hydrogens (primary N) is 1. The van der Waals surface area contributed by atoms with Crippen LogP contribution in [-0.4, -0.2) is 28.7 Å². The zero-order valence-corrected chi connectivity index (χ0v) is 16.8. The number of aromatic nitrogens is 1. The fourth-order valence-electron chi connectivity index (χ4n) is 2.90. The zero-order valence-electron chi connectivity index (χ0n) is 16.0. The lowest BCUT2D eigenvalue weighted by molar-refractivity contribution is -0.122. The van der Waals surface area contributed by atoms with E-state index in [4.69, 9.17) is 10.5 Å². The molecule has 3 rings (SSSR count). The molecule has 8 heteroatoms. The van der Waals surface area contributed by atoms with Crippen molar-refractivity contribution in [2.45, 2.75) is 19.6 Å². The predicted octanol–water partition coefficient (Wildman–Crippen LogP) is 3.47. The number of primary amides is 1. The summed E-state index contributed by atoms with van der Waals surface area (Å²) in [6.45, 7) is 2.26. The fraction of sp³-hybridized carbons (Fsp3) is 0.190. The number of thiazole rings is 1. The van der Waals surface area contributed by atoms with Gasteiger partial charge in [-0.15, -0.1) is 11.3 Å². The molecule has 1 atom stereocenters. The minimum atomic E-state index is -1.08. The predicted molar refractivity (Wildman–Crippen MR) is 108 cm³/mol. The number of carbonyl (C=O) groups is 2. The number of ether oxygens (including phenoxy) is 1. The first-order valence-electron chi connectivity index (χ1n) is 8.81. The van der Waals surface area contributed by atoms with Crippen LogP contribution in [0, 0.1) is 12.7 Å². The molecule has 0 aliphatic rings. The maximum absolute atomic E-state index is 13.5. The molecule has 1 unspecified atom stereocenters. The molecule has 0 spiro atoms. The Labute approximate surface area is 171 Å². The van der Waals surface area contributed by atoms with E-state index in [2.05, 4.69) is 4.98 Å². The summed E-state index contributed by atoms with van der Waals surface area (Å²) in [5.41, 5.74) is 6.98. The molecule has 1 heterocycles. The van der Waals surface area contributed by atoms with Gasteiger partial charge in [0, 0.05) is 18.0 Å². The van der Waals surface area contributed by atoms with E-state index < -0.39 is 23.7 Å². The molecule has 29 heavy (non-hydrogen) atoms. The number of halogens is 1. The largest absolute Gasteiger partial charge is 0.487 e. The van der Waals surface area contributed by atoms with E-state index in [1.165, 1.54) is 30.1 Å². The van der Waals surface area contributed by atoms with Crippen LogP contribution in [0.5, 0.6) is 5.75 Å². The van der Waals surface area contributed by atoms with Crippen molar-refractivity contribution in [3.8, 4) is 5.75 Å². The average molecular weight is 413 g/mol. The van der Waals surface area contributed by atoms with E-state index in [1.54, 1.807) is 41.7 Å². The van der Waals surface area contributed by atoms with Crippen LogP contribution in [-0.2, 0) is 11.4 Å². The van der Waals surface area contributed by atoms with Crippen molar-refractivity contribution in [1.82, 2.24) is 9.88 Å². The second kappa shape index (κ2) is 8.83. The Hall–Kier alpha value is -3.26. The first-order chi connectivity index (χ1) is 13.8. The van der Waals surface area contributed by atoms with E-state index in [1.807, 2.05) is 12.3 Å². The quantitative estimate of drug-likeness (QED) is 0.643. The van der Waals surface area contributed by atoms with Gasteiger partial charge in [-0.2, -0.15) is 0 Å². The number of rotatable bonds is 7. The second-order valence-corrected chi connectivity index (χ2v) is 7.51. The third-order valence-electron chi connectivity index (χ3n) is 4.30. The summed E-state index contributed by atoms with van der Waals surface area (Å²) in [6, 6.07) is 10.9. The van der Waals surface area contributed by atoms with Crippen molar-refractivity contribution < 1.29 is 18.7 Å². The van der Waals surface area contributed by atoms with Gasteiger partial charge in [-0.3, -0.25) is 9.59 Å². The third kappa shape index (κ3) is 4.97. The molecule has 0 bridgehead atoms. The lowest BCUT2D eigenvalue weighted by atomic mass is 10.0. The van der Waals surface area contributed by atoms with Gasteiger partial charge in [-0.05, 0) is 48.9 Å². The molecule has 0 aliphatic carbocycles. The lowest BCUT2D eigenvalue weighted by Crippen LogP contribution is -2.39. The van der Waals surface area contributed by atoms with Crippen molar-refractivity contribution >= 4 is 23.2 Å². The summed E-state index contributed by atoms with van der Waals surface area (Å²) >= 11 is 1.55. The third-order valence-corrected chi connectivity index (χ3v) is 5.12. The first-order valence-corrected chi connectivity index (χ1v) is 9.69. The normalized spacial score (nSPS) is 11.7.